The third kappa shape index (κ3) is 10.0. The van der Waals surface area contributed by atoms with E-state index < -0.39 is 0 Å². The minimum atomic E-state index is -0.388. The minimum Gasteiger partial charge on any atom is -0.495 e. The highest BCUT2D eigenvalue weighted by molar-refractivity contribution is 6.31. The second kappa shape index (κ2) is 20.5. The lowest BCUT2D eigenvalue weighted by atomic mass is 9.49. The van der Waals surface area contributed by atoms with Gasteiger partial charge in [-0.3, -0.25) is 14.4 Å². The van der Waals surface area contributed by atoms with E-state index in [0.29, 0.717) is 68.8 Å². The lowest BCUT2D eigenvalue weighted by molar-refractivity contribution is -0.164. The number of amides is 3. The molecule has 3 N–H and O–H groups in total. The van der Waals surface area contributed by atoms with Gasteiger partial charge < -0.3 is 45.0 Å². The summed E-state index contributed by atoms with van der Waals surface area (Å²) in [6.45, 7) is 14.9. The van der Waals surface area contributed by atoms with Gasteiger partial charge in [-0.15, -0.1) is 0 Å². The zero-order valence-corrected chi connectivity index (χ0v) is 42.8. The van der Waals surface area contributed by atoms with Crippen molar-refractivity contribution < 1.29 is 23.9 Å². The molecule has 2 saturated carbocycles. The Balaban J connectivity index is 0.717. The van der Waals surface area contributed by atoms with Crippen LogP contribution in [0.5, 0.6) is 11.5 Å². The van der Waals surface area contributed by atoms with Gasteiger partial charge in [0, 0.05) is 92.8 Å². The van der Waals surface area contributed by atoms with Gasteiger partial charge in [0.25, 0.3) is 11.8 Å². The molecule has 17 nitrogen and oxygen atoms in total. The van der Waals surface area contributed by atoms with E-state index in [9.17, 15) is 19.6 Å². The third-order valence-electron chi connectivity index (χ3n) is 15.8. The largest absolute Gasteiger partial charge is 0.495 e. The molecule has 1 atom stereocenters. The third-order valence-corrected chi connectivity index (χ3v) is 16.1. The van der Waals surface area contributed by atoms with Crippen LogP contribution in [0.1, 0.15) is 119 Å². The van der Waals surface area contributed by atoms with Crippen LogP contribution in [-0.2, 0) is 4.79 Å². The van der Waals surface area contributed by atoms with Crippen LogP contribution in [-0.4, -0.2) is 120 Å². The number of likely N-dealkylation sites (N-methyl/N-ethyl adjacent to an activating group) is 1. The number of nitrogens with one attached hydrogen (secondary N) is 3. The monoisotopic (exact) mass is 987 g/mol. The van der Waals surface area contributed by atoms with E-state index in [1.165, 1.54) is 0 Å². The summed E-state index contributed by atoms with van der Waals surface area (Å²) in [4.78, 5) is 67.8. The maximum atomic E-state index is 13.6. The number of nitrogens with zero attached hydrogens (tertiary/aromatic N) is 9. The summed E-state index contributed by atoms with van der Waals surface area (Å²) < 4.78 is 12.1. The van der Waals surface area contributed by atoms with Crippen LogP contribution < -0.4 is 40.1 Å². The summed E-state index contributed by atoms with van der Waals surface area (Å²) in [7, 11) is 3.38. The fraction of sp³-hybridized carbons (Fsp3) is 0.547. The Hall–Kier alpha value is -6.25. The SMILES string of the molecule is CC[C@@H]1C(=O)N(C)c2cnc(Nc3ccc(C(=O)NC4CCN(CC5CCN(c6ncc(C(=O)NC7C(C)(C)C(Oc8ccc(C#N)c(Cl)c8)C7(C)C)cn6)CC5)CC4)cc3OC)nc2N1C1CCCC1. The van der Waals surface area contributed by atoms with Gasteiger partial charge in [0.05, 0.1) is 35.1 Å². The van der Waals surface area contributed by atoms with Gasteiger partial charge in [0.15, 0.2) is 5.82 Å². The molecule has 2 aromatic carbocycles. The van der Waals surface area contributed by atoms with E-state index in [1.54, 1.807) is 68.0 Å². The Kier molecular flexibility index (Phi) is 14.3. The summed E-state index contributed by atoms with van der Waals surface area (Å²) in [6.07, 6.45) is 13.6. The number of aromatic nitrogens is 4. The molecule has 71 heavy (non-hydrogen) atoms. The normalized spacial score (nSPS) is 22.5. The Labute approximate surface area is 422 Å². The highest BCUT2D eigenvalue weighted by Crippen LogP contribution is 2.55. The zero-order chi connectivity index (χ0) is 50.2. The standard InChI is InChI=1S/C53H67ClN12O5/c1-8-41-47(69)63(6)42-30-56-50(61-44(42)66(41)37-11-9-10-12-37)60-40-16-14-33(25-43(40)70-7)45(67)59-36-19-21-64(22-20-36)31-32-17-23-65(24-18-32)51-57-28-35(29-58-51)46(68)62-48-52(2,3)49(53(48,4)5)71-38-15-13-34(27-55)39(54)26-38/h13-16,25-26,28-30,32,36-37,41,48-49H,8-12,17-24,31H2,1-7H3,(H,59,67)(H,62,68)(H,56,60,61)/t41-,48?,49?/m1/s1. The first-order chi connectivity index (χ1) is 34.1. The molecule has 376 valence electrons. The second-order valence-corrected chi connectivity index (χ2v) is 21.6. The summed E-state index contributed by atoms with van der Waals surface area (Å²) in [6, 6.07) is 12.4. The number of methoxy groups -OCH3 is 1. The number of piperidine rings is 2. The van der Waals surface area contributed by atoms with Crippen LogP contribution in [0, 0.1) is 28.1 Å². The molecule has 4 fully saturated rings. The Morgan fingerprint density at radius 1 is 0.873 bits per heavy atom. The van der Waals surface area contributed by atoms with Crippen molar-refractivity contribution >= 4 is 58.4 Å². The predicted octanol–water partition coefficient (Wildman–Crippen LogP) is 7.77. The van der Waals surface area contributed by atoms with E-state index in [0.717, 1.165) is 89.9 Å². The molecular formula is C53H67ClN12O5. The molecule has 0 bridgehead atoms. The smallest absolute Gasteiger partial charge is 0.254 e. The maximum absolute atomic E-state index is 13.6. The van der Waals surface area contributed by atoms with Crippen molar-refractivity contribution in [2.75, 3.05) is 66.9 Å². The van der Waals surface area contributed by atoms with Crippen molar-refractivity contribution in [3.05, 3.63) is 76.7 Å². The van der Waals surface area contributed by atoms with Gasteiger partial charge in [-0.25, -0.2) is 15.0 Å². The molecule has 0 radical (unpaired) electrons. The van der Waals surface area contributed by atoms with Crippen molar-refractivity contribution in [1.82, 2.24) is 35.5 Å². The first-order valence-corrected chi connectivity index (χ1v) is 25.6. The van der Waals surface area contributed by atoms with E-state index in [-0.39, 0.29) is 58.8 Å². The maximum Gasteiger partial charge on any atom is 0.254 e. The van der Waals surface area contributed by atoms with Crippen LogP contribution in [0.15, 0.2) is 55.0 Å². The van der Waals surface area contributed by atoms with E-state index >= 15 is 0 Å². The van der Waals surface area contributed by atoms with E-state index in [1.807, 2.05) is 6.07 Å². The van der Waals surface area contributed by atoms with Gasteiger partial charge in [0.2, 0.25) is 17.8 Å². The molecule has 0 spiro atoms. The molecule has 2 saturated heterocycles. The number of likely N-dealkylation sites (tertiary alicyclic amines) is 1. The summed E-state index contributed by atoms with van der Waals surface area (Å²) in [5.74, 6) is 3.15. The molecule has 5 aliphatic rings. The average molecular weight is 988 g/mol. The Morgan fingerprint density at radius 2 is 1.56 bits per heavy atom. The number of benzene rings is 2. The van der Waals surface area contributed by atoms with Crippen LogP contribution in [0.3, 0.4) is 0 Å². The van der Waals surface area contributed by atoms with E-state index in [2.05, 4.69) is 86.3 Å². The number of ether oxygens (including phenoxy) is 2. The molecule has 9 rings (SSSR count). The molecule has 3 amide bonds. The Bertz CT molecular complexity index is 2640. The molecule has 5 heterocycles. The number of hydrogen-bond acceptors (Lipinski definition) is 14. The number of halogens is 1. The molecule has 2 aromatic heterocycles. The number of rotatable bonds is 14. The van der Waals surface area contributed by atoms with E-state index in [4.69, 9.17) is 26.1 Å². The highest BCUT2D eigenvalue weighted by atomic mass is 35.5. The number of carbonyl (C=O) groups excluding carboxylic acids is 3. The molecule has 3 aliphatic heterocycles. The molecule has 0 unspecified atom stereocenters. The topological polar surface area (TPSA) is 194 Å². The highest BCUT2D eigenvalue weighted by Gasteiger charge is 2.64. The fourth-order valence-corrected chi connectivity index (χ4v) is 12.3. The minimum absolute atomic E-state index is 0.0718. The van der Waals surface area contributed by atoms with Crippen molar-refractivity contribution in [1.29, 1.82) is 5.26 Å². The first kappa shape index (κ1) is 49.7. The summed E-state index contributed by atoms with van der Waals surface area (Å²) >= 11 is 6.27. The van der Waals surface area contributed by atoms with Crippen molar-refractivity contribution in [3.63, 3.8) is 0 Å². The fourth-order valence-electron chi connectivity index (χ4n) is 12.1. The number of hydrogen-bond donors (Lipinski definition) is 3. The lowest BCUT2D eigenvalue weighted by Crippen LogP contribution is -2.74. The van der Waals surface area contributed by atoms with Crippen molar-refractivity contribution in [3.8, 4) is 17.6 Å². The predicted molar refractivity (Wildman–Crippen MR) is 274 cm³/mol. The van der Waals surface area contributed by atoms with Gasteiger partial charge in [0.1, 0.15) is 35.4 Å². The molecule has 2 aliphatic carbocycles. The van der Waals surface area contributed by atoms with Gasteiger partial charge >= 0.3 is 0 Å². The number of anilines is 5. The second-order valence-electron chi connectivity index (χ2n) is 21.2. The number of fused-ring (bicyclic) bond motifs is 1. The summed E-state index contributed by atoms with van der Waals surface area (Å²) in [5.41, 5.74) is 1.89. The molecule has 18 heteroatoms. The van der Waals surface area contributed by atoms with Gasteiger partial charge in [-0.1, -0.05) is 59.1 Å². The summed E-state index contributed by atoms with van der Waals surface area (Å²) in [5, 5.41) is 19.4. The zero-order valence-electron chi connectivity index (χ0n) is 42.0. The van der Waals surface area contributed by atoms with Crippen molar-refractivity contribution in [2.24, 2.45) is 16.7 Å². The molecule has 4 aromatic rings. The van der Waals surface area contributed by atoms with Crippen LogP contribution >= 0.6 is 11.6 Å². The lowest BCUT2D eigenvalue weighted by Gasteiger charge is -2.63. The van der Waals surface area contributed by atoms with Gasteiger partial charge in [-0.05, 0) is 81.2 Å². The van der Waals surface area contributed by atoms with Crippen molar-refractivity contribution in [2.45, 2.75) is 123 Å². The molecular weight excluding hydrogens is 920 g/mol. The number of nitriles is 1. The van der Waals surface area contributed by atoms with Gasteiger partial charge in [-0.2, -0.15) is 10.2 Å². The first-order valence-electron chi connectivity index (χ1n) is 25.2. The number of carbonyl (C=O) groups is 3. The quantitative estimate of drug-likeness (QED) is 0.111. The van der Waals surface area contributed by atoms with Crippen LogP contribution in [0.25, 0.3) is 0 Å². The van der Waals surface area contributed by atoms with Crippen LogP contribution in [0.2, 0.25) is 5.02 Å². The van der Waals surface area contributed by atoms with Crippen LogP contribution in [0.4, 0.5) is 29.1 Å². The Morgan fingerprint density at radius 3 is 2.21 bits per heavy atom. The average Bonchev–Trinajstić information content (AvgIpc) is 3.91.